The Hall–Kier alpha value is -1.66. The first kappa shape index (κ1) is 19.1. The van der Waals surface area contributed by atoms with Gasteiger partial charge in [-0.2, -0.15) is 0 Å². The number of anilines is 1. The highest BCUT2D eigenvalue weighted by Gasteiger charge is 2.34. The lowest BCUT2D eigenvalue weighted by atomic mass is 9.88. The van der Waals surface area contributed by atoms with Crippen LogP contribution in [-0.2, 0) is 17.6 Å². The average Bonchev–Trinajstić information content (AvgIpc) is 2.62. The van der Waals surface area contributed by atoms with Gasteiger partial charge in [0.05, 0.1) is 12.0 Å². The van der Waals surface area contributed by atoms with Gasteiger partial charge in [-0.3, -0.25) is 4.79 Å². The second-order valence-electron chi connectivity index (χ2n) is 7.79. The Labute approximate surface area is 155 Å². The van der Waals surface area contributed by atoms with E-state index >= 15 is 0 Å². The number of pyridine rings is 1. The molecule has 3 N–H and O–H groups in total. The number of fused-ring (bicyclic) bond motifs is 1. The summed E-state index contributed by atoms with van der Waals surface area (Å²) in [5.41, 5.74) is 1.51. The zero-order valence-electron chi connectivity index (χ0n) is 15.5. The molecule has 3 heterocycles. The van der Waals surface area contributed by atoms with Crippen LogP contribution in [0.15, 0.2) is 12.1 Å². The topological polar surface area (TPSA) is 85.7 Å². The van der Waals surface area contributed by atoms with Crippen molar-refractivity contribution >= 4 is 11.8 Å². The maximum Gasteiger partial charge on any atom is 0.306 e. The van der Waals surface area contributed by atoms with Gasteiger partial charge < -0.3 is 20.4 Å². The first-order valence-electron chi connectivity index (χ1n) is 9.93. The highest BCUT2D eigenvalue weighted by Crippen LogP contribution is 2.26. The number of piperidine rings is 1. The van der Waals surface area contributed by atoms with Gasteiger partial charge in [0.2, 0.25) is 0 Å². The maximum atomic E-state index is 10.8. The van der Waals surface area contributed by atoms with E-state index in [1.165, 1.54) is 24.1 Å². The van der Waals surface area contributed by atoms with E-state index in [-0.39, 0.29) is 6.42 Å². The van der Waals surface area contributed by atoms with E-state index in [9.17, 15) is 9.90 Å². The molecule has 0 aliphatic carbocycles. The summed E-state index contributed by atoms with van der Waals surface area (Å²) in [5, 5.41) is 22.5. The molecular weight excluding hydrogens is 330 g/mol. The number of carboxylic acids is 1. The van der Waals surface area contributed by atoms with E-state index in [0.29, 0.717) is 12.8 Å². The summed E-state index contributed by atoms with van der Waals surface area (Å²) in [7, 11) is 0. The lowest BCUT2D eigenvalue weighted by Gasteiger charge is -2.37. The van der Waals surface area contributed by atoms with Gasteiger partial charge in [0, 0.05) is 25.3 Å². The van der Waals surface area contributed by atoms with Gasteiger partial charge in [0.25, 0.3) is 0 Å². The van der Waals surface area contributed by atoms with Crippen LogP contribution >= 0.6 is 0 Å². The van der Waals surface area contributed by atoms with E-state index in [2.05, 4.69) is 22.3 Å². The Morgan fingerprint density at radius 2 is 2.04 bits per heavy atom. The Morgan fingerprint density at radius 3 is 2.81 bits per heavy atom. The smallest absolute Gasteiger partial charge is 0.306 e. The molecule has 1 aromatic rings. The van der Waals surface area contributed by atoms with Crippen LogP contribution in [-0.4, -0.2) is 57.8 Å². The molecule has 0 unspecified atom stereocenters. The monoisotopic (exact) mass is 361 g/mol. The summed E-state index contributed by atoms with van der Waals surface area (Å²) < 4.78 is 0. The number of aromatic nitrogens is 1. The third kappa shape index (κ3) is 5.42. The van der Waals surface area contributed by atoms with Gasteiger partial charge in [-0.1, -0.05) is 12.5 Å². The van der Waals surface area contributed by atoms with Crippen LogP contribution in [0.2, 0.25) is 0 Å². The molecule has 3 rings (SSSR count). The average molecular weight is 361 g/mol. The number of aliphatic hydroxyl groups is 1. The van der Waals surface area contributed by atoms with Crippen LogP contribution in [0.5, 0.6) is 0 Å². The maximum absolute atomic E-state index is 10.8. The van der Waals surface area contributed by atoms with Gasteiger partial charge in [0.1, 0.15) is 5.82 Å². The van der Waals surface area contributed by atoms with Crippen molar-refractivity contribution in [1.29, 1.82) is 0 Å². The van der Waals surface area contributed by atoms with Crippen LogP contribution in [0.25, 0.3) is 0 Å². The summed E-state index contributed by atoms with van der Waals surface area (Å²) in [6.07, 6.45) is 7.78. The number of carboxylic acid groups (broad SMARTS) is 1. The van der Waals surface area contributed by atoms with Crippen molar-refractivity contribution in [3.63, 3.8) is 0 Å². The molecule has 0 aromatic carbocycles. The van der Waals surface area contributed by atoms with Crippen molar-refractivity contribution in [3.05, 3.63) is 23.4 Å². The predicted molar refractivity (Wildman–Crippen MR) is 101 cm³/mol. The molecule has 0 spiro atoms. The molecule has 1 aromatic heterocycles. The Morgan fingerprint density at radius 1 is 1.23 bits per heavy atom. The normalized spacial score (nSPS) is 19.6. The van der Waals surface area contributed by atoms with Crippen LogP contribution in [0.3, 0.4) is 0 Å². The highest BCUT2D eigenvalue weighted by molar-refractivity contribution is 5.68. The number of hydrogen-bond donors (Lipinski definition) is 3. The van der Waals surface area contributed by atoms with Crippen LogP contribution < -0.4 is 5.32 Å². The van der Waals surface area contributed by atoms with Crippen molar-refractivity contribution in [1.82, 2.24) is 9.88 Å². The molecule has 0 amide bonds. The summed E-state index contributed by atoms with van der Waals surface area (Å²) in [6, 6.07) is 4.38. The standard InChI is InChI=1S/C20H31N3O3/c24-18(25)15-20(26)9-13-23(14-10-20)12-3-1-2-6-17-8-7-16-5-4-11-21-19(16)22-17/h7-8,26H,1-6,9-15H2,(H,21,22)(H,24,25). The number of nitrogens with zero attached hydrogens (tertiary/aromatic N) is 2. The number of hydrogen-bond acceptors (Lipinski definition) is 5. The van der Waals surface area contributed by atoms with Crippen LogP contribution in [0.1, 0.15) is 56.2 Å². The quantitative estimate of drug-likeness (QED) is 0.617. The third-order valence-corrected chi connectivity index (χ3v) is 5.63. The molecule has 2 aliphatic rings. The number of rotatable bonds is 8. The fourth-order valence-corrected chi connectivity index (χ4v) is 3.98. The van der Waals surface area contributed by atoms with Crippen molar-refractivity contribution < 1.29 is 15.0 Å². The highest BCUT2D eigenvalue weighted by atomic mass is 16.4. The molecule has 0 bridgehead atoms. The second kappa shape index (κ2) is 8.82. The minimum Gasteiger partial charge on any atom is -0.481 e. The largest absolute Gasteiger partial charge is 0.481 e. The molecule has 0 saturated carbocycles. The van der Waals surface area contributed by atoms with E-state index in [0.717, 1.165) is 57.7 Å². The fourth-order valence-electron chi connectivity index (χ4n) is 3.98. The second-order valence-corrected chi connectivity index (χ2v) is 7.79. The summed E-state index contributed by atoms with van der Waals surface area (Å²) in [5.74, 6) is 0.169. The molecule has 26 heavy (non-hydrogen) atoms. The zero-order valence-corrected chi connectivity index (χ0v) is 15.5. The van der Waals surface area contributed by atoms with E-state index in [1.54, 1.807) is 0 Å². The predicted octanol–water partition coefficient (Wildman–Crippen LogP) is 2.45. The van der Waals surface area contributed by atoms with Crippen molar-refractivity contribution in [3.8, 4) is 0 Å². The molecule has 1 fully saturated rings. The first-order valence-corrected chi connectivity index (χ1v) is 9.93. The van der Waals surface area contributed by atoms with Crippen molar-refractivity contribution in [2.24, 2.45) is 0 Å². The number of likely N-dealkylation sites (tertiary alicyclic amines) is 1. The Balaban J connectivity index is 1.31. The van der Waals surface area contributed by atoms with Gasteiger partial charge in [-0.25, -0.2) is 4.98 Å². The molecule has 2 aliphatic heterocycles. The lowest BCUT2D eigenvalue weighted by molar-refractivity contribution is -0.144. The summed E-state index contributed by atoms with van der Waals surface area (Å²) in [4.78, 5) is 17.9. The van der Waals surface area contributed by atoms with Gasteiger partial charge in [0.15, 0.2) is 0 Å². The number of carbonyl (C=O) groups is 1. The molecule has 0 radical (unpaired) electrons. The van der Waals surface area contributed by atoms with Gasteiger partial charge >= 0.3 is 5.97 Å². The molecule has 1 saturated heterocycles. The van der Waals surface area contributed by atoms with Crippen molar-refractivity contribution in [2.75, 3.05) is 31.5 Å². The molecule has 6 heteroatoms. The zero-order chi connectivity index (χ0) is 18.4. The molecule has 144 valence electrons. The van der Waals surface area contributed by atoms with Crippen LogP contribution in [0.4, 0.5) is 5.82 Å². The number of unbranched alkanes of at least 4 members (excludes halogenated alkanes) is 2. The van der Waals surface area contributed by atoms with E-state index in [1.807, 2.05) is 0 Å². The number of aliphatic carboxylic acids is 1. The first-order chi connectivity index (χ1) is 12.5. The third-order valence-electron chi connectivity index (χ3n) is 5.63. The number of nitrogens with one attached hydrogen (secondary N) is 1. The minimum absolute atomic E-state index is 0.135. The van der Waals surface area contributed by atoms with E-state index < -0.39 is 11.6 Å². The summed E-state index contributed by atoms with van der Waals surface area (Å²) in [6.45, 7) is 3.65. The van der Waals surface area contributed by atoms with Crippen molar-refractivity contribution in [2.45, 2.75) is 63.4 Å². The van der Waals surface area contributed by atoms with E-state index in [4.69, 9.17) is 10.1 Å². The minimum atomic E-state index is -1.01. The van der Waals surface area contributed by atoms with Gasteiger partial charge in [-0.05, 0) is 63.1 Å². The SMILES string of the molecule is O=C(O)CC1(O)CCN(CCCCCc2ccc3c(n2)NCCC3)CC1. The van der Waals surface area contributed by atoms with Gasteiger partial charge in [-0.15, -0.1) is 0 Å². The molecular formula is C20H31N3O3. The lowest BCUT2D eigenvalue weighted by Crippen LogP contribution is -2.45. The molecule has 6 nitrogen and oxygen atoms in total. The Bertz CT molecular complexity index is 612. The number of aryl methyl sites for hydroxylation is 2. The van der Waals surface area contributed by atoms with Crippen LogP contribution in [0, 0.1) is 0 Å². The summed E-state index contributed by atoms with van der Waals surface area (Å²) >= 11 is 0. The molecule has 0 atom stereocenters. The fraction of sp³-hybridized carbons (Fsp3) is 0.700. The Kier molecular flexibility index (Phi) is 6.48.